The maximum Gasteiger partial charge on any atom is 0.225 e. The van der Waals surface area contributed by atoms with E-state index in [4.69, 9.17) is 0 Å². The molecule has 6 heteroatoms. The van der Waals surface area contributed by atoms with Gasteiger partial charge in [0.2, 0.25) is 5.91 Å². The molecule has 0 saturated heterocycles. The molecule has 0 heterocycles. The first-order valence-electron chi connectivity index (χ1n) is 5.51. The van der Waals surface area contributed by atoms with Gasteiger partial charge in [-0.2, -0.15) is 12.6 Å². The zero-order chi connectivity index (χ0) is 13.3. The van der Waals surface area contributed by atoms with Crippen LogP contribution >= 0.6 is 28.6 Å². The molecule has 1 aromatic rings. The van der Waals surface area contributed by atoms with Crippen LogP contribution in [0.4, 0.5) is 14.5 Å². The minimum atomic E-state index is -0.660. The summed E-state index contributed by atoms with van der Waals surface area (Å²) in [7, 11) is 0. The van der Waals surface area contributed by atoms with Crippen molar-refractivity contribution in [3.8, 4) is 0 Å². The van der Waals surface area contributed by atoms with Crippen LogP contribution in [-0.2, 0) is 4.79 Å². The molecule has 0 aromatic heterocycles. The number of amides is 1. The van der Waals surface area contributed by atoms with Crippen LogP contribution in [0.1, 0.15) is 19.3 Å². The van der Waals surface area contributed by atoms with E-state index in [1.807, 2.05) is 0 Å². The normalized spacial score (nSPS) is 16.4. The number of benzene rings is 1. The molecule has 98 valence electrons. The van der Waals surface area contributed by atoms with Gasteiger partial charge in [0.1, 0.15) is 11.6 Å². The van der Waals surface area contributed by atoms with Crippen LogP contribution in [0.3, 0.4) is 0 Å². The molecule has 0 unspecified atom stereocenters. The molecule has 2 nitrogen and oxygen atoms in total. The Hall–Kier alpha value is -0.620. The van der Waals surface area contributed by atoms with Gasteiger partial charge < -0.3 is 5.32 Å². The quantitative estimate of drug-likeness (QED) is 0.636. The zero-order valence-corrected chi connectivity index (χ0v) is 12.0. The number of halogens is 3. The average molecular weight is 336 g/mol. The fraction of sp³-hybridized carbons (Fsp3) is 0.417. The first kappa shape index (κ1) is 13.8. The van der Waals surface area contributed by atoms with Crippen LogP contribution in [0.25, 0.3) is 0 Å². The molecule has 1 fully saturated rings. The largest absolute Gasteiger partial charge is 0.323 e. The van der Waals surface area contributed by atoms with Gasteiger partial charge >= 0.3 is 0 Å². The summed E-state index contributed by atoms with van der Waals surface area (Å²) >= 11 is 7.07. The van der Waals surface area contributed by atoms with Gasteiger partial charge in [0.25, 0.3) is 0 Å². The van der Waals surface area contributed by atoms with E-state index in [2.05, 4.69) is 33.9 Å². The second-order valence-electron chi connectivity index (χ2n) is 4.63. The van der Waals surface area contributed by atoms with Gasteiger partial charge in [-0.1, -0.05) is 0 Å². The summed E-state index contributed by atoms with van der Waals surface area (Å²) in [5, 5.41) is 2.40. The number of hydrogen-bond donors (Lipinski definition) is 2. The van der Waals surface area contributed by atoms with E-state index in [-0.39, 0.29) is 21.5 Å². The Morgan fingerprint density at radius 3 is 2.61 bits per heavy atom. The monoisotopic (exact) mass is 335 g/mol. The predicted molar refractivity (Wildman–Crippen MR) is 72.8 cm³/mol. The smallest absolute Gasteiger partial charge is 0.225 e. The number of carbonyl (C=O) groups is 1. The molecule has 0 bridgehead atoms. The zero-order valence-electron chi connectivity index (χ0n) is 9.47. The third kappa shape index (κ3) is 3.03. The predicted octanol–water partition coefficient (Wildman–Crippen LogP) is 3.77. The summed E-state index contributed by atoms with van der Waals surface area (Å²) < 4.78 is 26.8. The summed E-state index contributed by atoms with van der Waals surface area (Å²) in [5.74, 6) is -0.936. The lowest BCUT2D eigenvalue weighted by Gasteiger charge is -2.12. The number of anilines is 1. The Bertz CT molecular complexity index is 491. The highest BCUT2D eigenvalue weighted by molar-refractivity contribution is 9.10. The average Bonchev–Trinajstić information content (AvgIpc) is 3.06. The lowest BCUT2D eigenvalue weighted by atomic mass is 10.1. The Balaban J connectivity index is 2.05. The Morgan fingerprint density at radius 2 is 2.06 bits per heavy atom. The summed E-state index contributed by atoms with van der Waals surface area (Å²) in [6.45, 7) is 0. The molecule has 18 heavy (non-hydrogen) atoms. The third-order valence-electron chi connectivity index (χ3n) is 3.11. The van der Waals surface area contributed by atoms with Crippen molar-refractivity contribution in [2.75, 3.05) is 11.1 Å². The molecular formula is C12H12BrF2NOS. The molecule has 1 amide bonds. The highest BCUT2D eigenvalue weighted by atomic mass is 79.9. The van der Waals surface area contributed by atoms with Crippen molar-refractivity contribution in [2.45, 2.75) is 19.3 Å². The maximum atomic E-state index is 13.5. The topological polar surface area (TPSA) is 29.1 Å². The Morgan fingerprint density at radius 1 is 1.39 bits per heavy atom. The summed E-state index contributed by atoms with van der Waals surface area (Å²) in [4.78, 5) is 11.7. The van der Waals surface area contributed by atoms with Crippen molar-refractivity contribution in [3.05, 3.63) is 28.2 Å². The van der Waals surface area contributed by atoms with Gasteiger partial charge in [0, 0.05) is 12.5 Å². The minimum Gasteiger partial charge on any atom is -0.323 e. The number of thiol groups is 1. The molecule has 0 radical (unpaired) electrons. The van der Waals surface area contributed by atoms with Crippen molar-refractivity contribution >= 4 is 40.2 Å². The molecule has 1 N–H and O–H groups in total. The fourth-order valence-electron chi connectivity index (χ4n) is 1.72. The number of hydrogen-bond acceptors (Lipinski definition) is 2. The second kappa shape index (κ2) is 5.17. The van der Waals surface area contributed by atoms with E-state index in [0.29, 0.717) is 12.2 Å². The number of carbonyl (C=O) groups excluding carboxylic acids is 1. The Kier molecular flexibility index (Phi) is 3.96. The van der Waals surface area contributed by atoms with Gasteiger partial charge in [0.15, 0.2) is 0 Å². The maximum absolute atomic E-state index is 13.5. The van der Waals surface area contributed by atoms with Gasteiger partial charge in [-0.25, -0.2) is 8.78 Å². The van der Waals surface area contributed by atoms with Gasteiger partial charge in [-0.15, -0.1) is 0 Å². The molecule has 0 atom stereocenters. The molecule has 0 spiro atoms. The molecule has 1 aromatic carbocycles. The highest BCUT2D eigenvalue weighted by Crippen LogP contribution is 2.49. The van der Waals surface area contributed by atoms with Gasteiger partial charge in [0.05, 0.1) is 10.2 Å². The summed E-state index contributed by atoms with van der Waals surface area (Å²) in [6, 6.07) is 1.97. The number of nitrogens with one attached hydrogen (secondary N) is 1. The first-order valence-corrected chi connectivity index (χ1v) is 6.94. The van der Waals surface area contributed by atoms with Gasteiger partial charge in [-0.3, -0.25) is 4.79 Å². The third-order valence-corrected chi connectivity index (χ3v) is 4.39. The second-order valence-corrected chi connectivity index (χ2v) is 5.80. The van der Waals surface area contributed by atoms with E-state index < -0.39 is 11.6 Å². The lowest BCUT2D eigenvalue weighted by Crippen LogP contribution is -2.19. The van der Waals surface area contributed by atoms with Crippen LogP contribution in [0.15, 0.2) is 16.6 Å². The molecule has 1 aliphatic rings. The Labute approximate surface area is 118 Å². The minimum absolute atomic E-state index is 0.0343. The molecule has 2 rings (SSSR count). The van der Waals surface area contributed by atoms with E-state index in [9.17, 15) is 13.6 Å². The van der Waals surface area contributed by atoms with E-state index in [1.54, 1.807) is 0 Å². The highest BCUT2D eigenvalue weighted by Gasteiger charge is 2.42. The first-order chi connectivity index (χ1) is 8.46. The van der Waals surface area contributed by atoms with Crippen LogP contribution in [0, 0.1) is 17.0 Å². The standard InChI is InChI=1S/C12H12BrF2NOS/c13-7-3-9(15)10(4-8(7)14)16-11(17)5-12(6-18)1-2-12/h3-4,18H,1-2,5-6H2,(H,16,17). The van der Waals surface area contributed by atoms with Crippen LogP contribution < -0.4 is 5.32 Å². The van der Waals surface area contributed by atoms with Crippen molar-refractivity contribution in [1.29, 1.82) is 0 Å². The van der Waals surface area contributed by atoms with Crippen LogP contribution in [-0.4, -0.2) is 11.7 Å². The summed E-state index contributed by atoms with van der Waals surface area (Å²) in [6.07, 6.45) is 2.22. The molecule has 1 aliphatic carbocycles. The molecule has 1 saturated carbocycles. The molecular weight excluding hydrogens is 324 g/mol. The molecule has 0 aliphatic heterocycles. The van der Waals surface area contributed by atoms with E-state index in [1.165, 1.54) is 0 Å². The van der Waals surface area contributed by atoms with Crippen LogP contribution in [0.5, 0.6) is 0 Å². The van der Waals surface area contributed by atoms with Gasteiger partial charge in [-0.05, 0) is 46.0 Å². The lowest BCUT2D eigenvalue weighted by molar-refractivity contribution is -0.117. The fourth-order valence-corrected chi connectivity index (χ4v) is 2.46. The van der Waals surface area contributed by atoms with E-state index in [0.717, 1.165) is 25.0 Å². The number of rotatable bonds is 4. The van der Waals surface area contributed by atoms with Crippen LogP contribution in [0.2, 0.25) is 0 Å². The van der Waals surface area contributed by atoms with Crippen molar-refractivity contribution < 1.29 is 13.6 Å². The van der Waals surface area contributed by atoms with E-state index >= 15 is 0 Å². The summed E-state index contributed by atoms with van der Waals surface area (Å²) in [5.41, 5.74) is -0.173. The van der Waals surface area contributed by atoms with Crippen molar-refractivity contribution in [3.63, 3.8) is 0 Å². The SMILES string of the molecule is O=C(CC1(CS)CC1)Nc1cc(F)c(Br)cc1F. The van der Waals surface area contributed by atoms with Crippen molar-refractivity contribution in [2.24, 2.45) is 5.41 Å². The van der Waals surface area contributed by atoms with Crippen molar-refractivity contribution in [1.82, 2.24) is 0 Å².